The van der Waals surface area contributed by atoms with Gasteiger partial charge in [-0.05, 0) is 12.8 Å². The van der Waals surface area contributed by atoms with Crippen LogP contribution in [0.5, 0.6) is 0 Å². The lowest BCUT2D eigenvalue weighted by molar-refractivity contribution is -0.117. The smallest absolute Gasteiger partial charge is 0.220 e. The van der Waals surface area contributed by atoms with Gasteiger partial charge in [0.2, 0.25) is 5.91 Å². The molecule has 3 nitrogen and oxygen atoms in total. The van der Waals surface area contributed by atoms with Crippen LogP contribution in [0.3, 0.4) is 0 Å². The van der Waals surface area contributed by atoms with Crippen LogP contribution in [0.1, 0.15) is 12.8 Å². The third-order valence-electron chi connectivity index (χ3n) is 1.55. The molecule has 1 rings (SSSR count). The Bertz CT molecular complexity index is 119. The highest BCUT2D eigenvalue weighted by atomic mass is 16.5. The highest BCUT2D eigenvalue weighted by molar-refractivity contribution is 5.79. The number of ether oxygens (including phenoxy) is 1. The van der Waals surface area contributed by atoms with E-state index >= 15 is 0 Å². The fourth-order valence-corrected chi connectivity index (χ4v) is 1.03. The summed E-state index contributed by atoms with van der Waals surface area (Å²) in [4.78, 5) is 10.3. The highest BCUT2D eigenvalue weighted by Crippen LogP contribution is 2.10. The topological polar surface area (TPSA) is 38.3 Å². The fourth-order valence-electron chi connectivity index (χ4n) is 1.03. The zero-order valence-corrected chi connectivity index (χ0v) is 5.93. The summed E-state index contributed by atoms with van der Waals surface area (Å²) in [7, 11) is 0. The molecule has 1 amide bonds. The van der Waals surface area contributed by atoms with Crippen molar-refractivity contribution in [3.63, 3.8) is 0 Å². The quantitative estimate of drug-likeness (QED) is 0.594. The molecule has 1 fully saturated rings. The highest BCUT2D eigenvalue weighted by Gasteiger charge is 2.14. The van der Waals surface area contributed by atoms with Gasteiger partial charge in [-0.3, -0.25) is 4.79 Å². The Morgan fingerprint density at radius 2 is 2.60 bits per heavy atom. The van der Waals surface area contributed by atoms with Gasteiger partial charge in [0.25, 0.3) is 0 Å². The minimum atomic E-state index is -0.226. The molecule has 1 heterocycles. The van der Waals surface area contributed by atoms with E-state index < -0.39 is 0 Å². The lowest BCUT2D eigenvalue weighted by atomic mass is 10.2. The van der Waals surface area contributed by atoms with Crippen molar-refractivity contribution >= 4 is 5.91 Å². The van der Waals surface area contributed by atoms with Crippen LogP contribution in [0.25, 0.3) is 0 Å². The number of nitrogens with one attached hydrogen (secondary N) is 1. The maximum Gasteiger partial charge on any atom is 0.220 e. The Morgan fingerprint density at radius 3 is 3.10 bits per heavy atom. The average Bonchev–Trinajstić information content (AvgIpc) is 2.34. The summed E-state index contributed by atoms with van der Waals surface area (Å²) in [6, 6.07) is 0. The Kier molecular flexibility index (Phi) is 2.68. The molecule has 0 aliphatic carbocycles. The first-order valence-electron chi connectivity index (χ1n) is 3.50. The Hall–Kier alpha value is -0.570. The van der Waals surface area contributed by atoms with Gasteiger partial charge in [0, 0.05) is 20.1 Å². The second-order valence-electron chi connectivity index (χ2n) is 2.44. The molecule has 1 atom stereocenters. The van der Waals surface area contributed by atoms with Gasteiger partial charge in [-0.2, -0.15) is 0 Å². The molecule has 10 heavy (non-hydrogen) atoms. The lowest BCUT2D eigenvalue weighted by Crippen LogP contribution is -2.29. The number of carbonyl (C=O) groups is 1. The average molecular weight is 142 g/mol. The van der Waals surface area contributed by atoms with Crippen LogP contribution in [0.15, 0.2) is 0 Å². The van der Waals surface area contributed by atoms with E-state index in [1.54, 1.807) is 0 Å². The standard InChI is InChI=1S/C7H12NO2/c1-6(9)8-5-7-3-2-4-10-7/h7H,1-5H2,(H,8,9). The van der Waals surface area contributed by atoms with Crippen molar-refractivity contribution in [2.75, 3.05) is 13.2 Å². The molecule has 57 valence electrons. The molecule has 0 aromatic heterocycles. The van der Waals surface area contributed by atoms with E-state index in [0.717, 1.165) is 19.4 Å². The van der Waals surface area contributed by atoms with Crippen LogP contribution in [0.4, 0.5) is 0 Å². The van der Waals surface area contributed by atoms with Crippen molar-refractivity contribution < 1.29 is 9.53 Å². The van der Waals surface area contributed by atoms with Gasteiger partial charge in [0.1, 0.15) is 0 Å². The van der Waals surface area contributed by atoms with Crippen LogP contribution in [-0.2, 0) is 9.53 Å². The zero-order valence-electron chi connectivity index (χ0n) is 5.93. The maximum atomic E-state index is 10.3. The first kappa shape index (κ1) is 7.54. The van der Waals surface area contributed by atoms with Crippen molar-refractivity contribution in [2.24, 2.45) is 0 Å². The van der Waals surface area contributed by atoms with Crippen molar-refractivity contribution in [1.82, 2.24) is 5.32 Å². The van der Waals surface area contributed by atoms with E-state index in [-0.39, 0.29) is 12.0 Å². The van der Waals surface area contributed by atoms with Gasteiger partial charge in [-0.15, -0.1) is 0 Å². The van der Waals surface area contributed by atoms with E-state index in [4.69, 9.17) is 4.74 Å². The van der Waals surface area contributed by atoms with E-state index in [9.17, 15) is 4.79 Å². The molecule has 0 spiro atoms. The predicted molar refractivity (Wildman–Crippen MR) is 37.3 cm³/mol. The summed E-state index contributed by atoms with van der Waals surface area (Å²) in [6.07, 6.45) is 2.39. The molecular formula is C7H12NO2. The fraction of sp³-hybridized carbons (Fsp3) is 0.714. The number of hydrogen-bond donors (Lipinski definition) is 1. The summed E-state index contributed by atoms with van der Waals surface area (Å²) in [5, 5.41) is 2.61. The van der Waals surface area contributed by atoms with Crippen LogP contribution in [-0.4, -0.2) is 25.2 Å². The second-order valence-corrected chi connectivity index (χ2v) is 2.44. The van der Waals surface area contributed by atoms with E-state index in [2.05, 4.69) is 12.2 Å². The van der Waals surface area contributed by atoms with Crippen LogP contribution in [0.2, 0.25) is 0 Å². The number of carbonyl (C=O) groups excluding carboxylic acids is 1. The van der Waals surface area contributed by atoms with E-state index in [0.29, 0.717) is 6.54 Å². The van der Waals surface area contributed by atoms with Gasteiger partial charge in [-0.25, -0.2) is 0 Å². The summed E-state index contributed by atoms with van der Waals surface area (Å²) < 4.78 is 5.26. The van der Waals surface area contributed by atoms with Crippen molar-refractivity contribution in [3.8, 4) is 0 Å². The molecule has 1 unspecified atom stereocenters. The third kappa shape index (κ3) is 2.35. The molecule has 1 N–H and O–H groups in total. The SMILES string of the molecule is [CH2]C(=O)NCC1CCCO1. The van der Waals surface area contributed by atoms with Crippen LogP contribution < -0.4 is 5.32 Å². The van der Waals surface area contributed by atoms with Crippen LogP contribution >= 0.6 is 0 Å². The molecule has 0 aromatic rings. The van der Waals surface area contributed by atoms with E-state index in [1.165, 1.54) is 0 Å². The molecule has 1 aliphatic heterocycles. The first-order chi connectivity index (χ1) is 4.79. The molecule has 0 aromatic carbocycles. The summed E-state index contributed by atoms with van der Waals surface area (Å²) in [5.74, 6) is -0.226. The summed E-state index contributed by atoms with van der Waals surface area (Å²) in [5.41, 5.74) is 0. The zero-order chi connectivity index (χ0) is 7.40. The molecule has 0 saturated carbocycles. The van der Waals surface area contributed by atoms with Crippen molar-refractivity contribution in [1.29, 1.82) is 0 Å². The summed E-state index contributed by atoms with van der Waals surface area (Å²) in [6.45, 7) is 4.64. The second kappa shape index (κ2) is 3.56. The van der Waals surface area contributed by atoms with Gasteiger partial charge < -0.3 is 10.1 Å². The Balaban J connectivity index is 2.07. The molecular weight excluding hydrogens is 130 g/mol. The molecule has 1 radical (unpaired) electrons. The normalized spacial score (nSPS) is 24.7. The number of hydrogen-bond acceptors (Lipinski definition) is 2. The molecule has 1 aliphatic rings. The number of amides is 1. The lowest BCUT2D eigenvalue weighted by Gasteiger charge is -2.08. The van der Waals surface area contributed by atoms with Gasteiger partial charge in [0.15, 0.2) is 0 Å². The maximum absolute atomic E-state index is 10.3. The Morgan fingerprint density at radius 1 is 1.80 bits per heavy atom. The molecule has 0 bridgehead atoms. The van der Waals surface area contributed by atoms with Gasteiger partial charge in [0.05, 0.1) is 6.10 Å². The first-order valence-corrected chi connectivity index (χ1v) is 3.50. The van der Waals surface area contributed by atoms with Crippen LogP contribution in [0, 0.1) is 6.92 Å². The van der Waals surface area contributed by atoms with Crippen molar-refractivity contribution in [2.45, 2.75) is 18.9 Å². The predicted octanol–water partition coefficient (Wildman–Crippen LogP) is 0.116. The minimum absolute atomic E-state index is 0.226. The van der Waals surface area contributed by atoms with E-state index in [1.807, 2.05) is 0 Å². The monoisotopic (exact) mass is 142 g/mol. The molecule has 3 heteroatoms. The Labute approximate surface area is 60.7 Å². The minimum Gasteiger partial charge on any atom is -0.376 e. The largest absolute Gasteiger partial charge is 0.376 e. The van der Waals surface area contributed by atoms with Gasteiger partial charge >= 0.3 is 0 Å². The third-order valence-corrected chi connectivity index (χ3v) is 1.55. The van der Waals surface area contributed by atoms with Gasteiger partial charge in [-0.1, -0.05) is 0 Å². The molecule has 1 saturated heterocycles. The number of rotatable bonds is 2. The van der Waals surface area contributed by atoms with Crippen molar-refractivity contribution in [3.05, 3.63) is 6.92 Å². The summed E-state index contributed by atoms with van der Waals surface area (Å²) >= 11 is 0.